The number of aromatic amines is 1. The van der Waals surface area contributed by atoms with Crippen molar-refractivity contribution in [3.8, 4) is 0 Å². The van der Waals surface area contributed by atoms with E-state index in [9.17, 15) is 9.59 Å². The molecular formula is C22H26N4O3. The van der Waals surface area contributed by atoms with E-state index in [2.05, 4.69) is 15.6 Å². The maximum Gasteiger partial charge on any atom is 0.251 e. The number of carbonyl (C=O) groups is 2. The fourth-order valence-electron chi connectivity index (χ4n) is 5.25. The molecule has 1 saturated carbocycles. The number of ether oxygens (including phenoxy) is 1. The van der Waals surface area contributed by atoms with Crippen LogP contribution in [-0.2, 0) is 14.3 Å². The topological polar surface area (TPSA) is 86.5 Å². The van der Waals surface area contributed by atoms with Crippen LogP contribution < -0.4 is 10.6 Å². The highest BCUT2D eigenvalue weighted by molar-refractivity contribution is 6.00. The Kier molecular flexibility index (Phi) is 4.54. The summed E-state index contributed by atoms with van der Waals surface area (Å²) in [6.45, 7) is 0.492. The summed E-state index contributed by atoms with van der Waals surface area (Å²) in [7, 11) is 1.54. The fraction of sp³-hybridized carbons (Fsp3) is 0.455. The van der Waals surface area contributed by atoms with Gasteiger partial charge in [-0.2, -0.15) is 0 Å². The molecule has 0 radical (unpaired) electrons. The van der Waals surface area contributed by atoms with Crippen LogP contribution in [0.15, 0.2) is 41.7 Å². The highest BCUT2D eigenvalue weighted by Gasteiger charge is 2.46. The molecule has 3 aliphatic rings. The van der Waals surface area contributed by atoms with Crippen molar-refractivity contribution in [2.75, 3.05) is 20.3 Å². The zero-order valence-corrected chi connectivity index (χ0v) is 16.5. The van der Waals surface area contributed by atoms with Gasteiger partial charge in [0, 0.05) is 30.6 Å². The van der Waals surface area contributed by atoms with Gasteiger partial charge in [0.15, 0.2) is 0 Å². The van der Waals surface area contributed by atoms with Crippen LogP contribution in [0.25, 0.3) is 10.9 Å². The average Bonchev–Trinajstić information content (AvgIpc) is 3.30. The molecule has 2 aromatic rings. The first-order valence-electron chi connectivity index (χ1n) is 10.3. The van der Waals surface area contributed by atoms with E-state index in [1.165, 1.54) is 0 Å². The quantitative estimate of drug-likeness (QED) is 0.743. The zero-order valence-electron chi connectivity index (χ0n) is 16.5. The third kappa shape index (κ3) is 2.92. The number of aromatic nitrogens is 1. The molecule has 7 nitrogen and oxygen atoms in total. The Bertz CT molecular complexity index is 995. The Balaban J connectivity index is 1.73. The van der Waals surface area contributed by atoms with Crippen LogP contribution >= 0.6 is 0 Å². The van der Waals surface area contributed by atoms with E-state index in [-0.39, 0.29) is 30.5 Å². The van der Waals surface area contributed by atoms with E-state index < -0.39 is 6.04 Å². The van der Waals surface area contributed by atoms with Gasteiger partial charge in [-0.15, -0.1) is 0 Å². The fourth-order valence-corrected chi connectivity index (χ4v) is 5.25. The number of rotatable bonds is 3. The average molecular weight is 394 g/mol. The third-order valence-corrected chi connectivity index (χ3v) is 6.46. The number of nitrogens with one attached hydrogen (secondary N) is 3. The van der Waals surface area contributed by atoms with Crippen LogP contribution in [0.2, 0.25) is 0 Å². The SMILES string of the molecule is COCC(=O)N1[C@@H]2CCCC[C@H]2NC2=C(C(=O)NC2)[C@H]1c1cccc2cc[nH]c12. The van der Waals surface area contributed by atoms with E-state index >= 15 is 0 Å². The number of carbonyl (C=O) groups excluding carboxylic acids is 2. The number of fused-ring (bicyclic) bond motifs is 2. The lowest BCUT2D eigenvalue weighted by Gasteiger charge is -2.42. The maximum atomic E-state index is 13.4. The molecule has 3 N–H and O–H groups in total. The summed E-state index contributed by atoms with van der Waals surface area (Å²) in [6, 6.07) is 7.80. The van der Waals surface area contributed by atoms with Crippen LogP contribution in [0.1, 0.15) is 37.3 Å². The first kappa shape index (κ1) is 18.2. The van der Waals surface area contributed by atoms with Gasteiger partial charge in [-0.05, 0) is 24.3 Å². The largest absolute Gasteiger partial charge is 0.382 e. The summed E-state index contributed by atoms with van der Waals surface area (Å²) in [5, 5.41) is 7.66. The molecule has 1 fully saturated rings. The molecule has 0 bridgehead atoms. The van der Waals surface area contributed by atoms with Gasteiger partial charge in [-0.1, -0.05) is 31.0 Å². The normalized spacial score (nSPS) is 26.6. The van der Waals surface area contributed by atoms with Gasteiger partial charge < -0.3 is 25.3 Å². The highest BCUT2D eigenvalue weighted by atomic mass is 16.5. The molecule has 0 spiro atoms. The molecule has 152 valence electrons. The standard InChI is InChI=1S/C22H26N4O3/c1-29-12-18(27)26-17-8-3-2-7-15(17)25-16-11-24-22(28)19(16)21(26)14-6-4-5-13-9-10-23-20(13)14/h4-6,9-10,15,17,21,23,25H,2-3,7-8,11-12H2,1H3,(H,24,28)/t15-,17-,21-/m1/s1. The van der Waals surface area contributed by atoms with Gasteiger partial charge >= 0.3 is 0 Å². The molecule has 2 amide bonds. The Labute approximate surface area is 169 Å². The van der Waals surface area contributed by atoms with Crippen LogP contribution in [0.5, 0.6) is 0 Å². The second-order valence-corrected chi connectivity index (χ2v) is 8.10. The van der Waals surface area contributed by atoms with E-state index in [1.54, 1.807) is 7.11 Å². The molecule has 1 aromatic carbocycles. The van der Waals surface area contributed by atoms with Gasteiger partial charge in [0.05, 0.1) is 29.7 Å². The minimum Gasteiger partial charge on any atom is -0.382 e. The van der Waals surface area contributed by atoms with E-state index in [0.29, 0.717) is 12.1 Å². The second-order valence-electron chi connectivity index (χ2n) is 8.10. The maximum absolute atomic E-state index is 13.4. The van der Waals surface area contributed by atoms with Crippen molar-refractivity contribution in [1.29, 1.82) is 0 Å². The molecule has 3 atom stereocenters. The van der Waals surface area contributed by atoms with Crippen molar-refractivity contribution in [3.05, 3.63) is 47.3 Å². The number of H-pyrrole nitrogens is 1. The van der Waals surface area contributed by atoms with Crippen molar-refractivity contribution in [3.63, 3.8) is 0 Å². The Hall–Kier alpha value is -2.80. The number of para-hydroxylation sites is 1. The lowest BCUT2D eigenvalue weighted by atomic mass is 9.87. The molecule has 2 aliphatic heterocycles. The van der Waals surface area contributed by atoms with Crippen molar-refractivity contribution >= 4 is 22.7 Å². The van der Waals surface area contributed by atoms with Gasteiger partial charge in [0.25, 0.3) is 5.91 Å². The van der Waals surface area contributed by atoms with Crippen molar-refractivity contribution < 1.29 is 14.3 Å². The first-order chi connectivity index (χ1) is 14.2. The smallest absolute Gasteiger partial charge is 0.251 e. The number of hydrogen-bond acceptors (Lipinski definition) is 4. The third-order valence-electron chi connectivity index (χ3n) is 6.46. The van der Waals surface area contributed by atoms with Crippen LogP contribution in [0.3, 0.4) is 0 Å². The molecule has 0 unspecified atom stereocenters. The molecule has 3 heterocycles. The summed E-state index contributed by atoms with van der Waals surface area (Å²) in [6.07, 6.45) is 6.02. The molecule has 1 aromatic heterocycles. The Morgan fingerprint density at radius 3 is 2.97 bits per heavy atom. The van der Waals surface area contributed by atoms with Gasteiger partial charge in [0.2, 0.25) is 5.91 Å². The van der Waals surface area contributed by atoms with Crippen molar-refractivity contribution in [2.24, 2.45) is 0 Å². The van der Waals surface area contributed by atoms with Crippen LogP contribution in [0, 0.1) is 0 Å². The van der Waals surface area contributed by atoms with E-state index in [4.69, 9.17) is 4.74 Å². The number of nitrogens with zero attached hydrogens (tertiary/aromatic N) is 1. The number of benzene rings is 1. The van der Waals surface area contributed by atoms with E-state index in [1.807, 2.05) is 35.4 Å². The lowest BCUT2D eigenvalue weighted by molar-refractivity contribution is -0.141. The zero-order chi connectivity index (χ0) is 20.0. The summed E-state index contributed by atoms with van der Waals surface area (Å²) >= 11 is 0. The predicted octanol–water partition coefficient (Wildman–Crippen LogP) is 1.98. The summed E-state index contributed by atoms with van der Waals surface area (Å²) in [5.74, 6) is -0.178. The molecular weight excluding hydrogens is 368 g/mol. The summed E-state index contributed by atoms with van der Waals surface area (Å²) in [4.78, 5) is 31.6. The molecule has 5 rings (SSSR count). The van der Waals surface area contributed by atoms with Crippen molar-refractivity contribution in [1.82, 2.24) is 20.5 Å². The number of methoxy groups -OCH3 is 1. The summed E-state index contributed by atoms with van der Waals surface area (Å²) < 4.78 is 5.24. The minimum atomic E-state index is -0.446. The first-order valence-corrected chi connectivity index (χ1v) is 10.3. The van der Waals surface area contributed by atoms with Crippen LogP contribution in [0.4, 0.5) is 0 Å². The number of amides is 2. The highest BCUT2D eigenvalue weighted by Crippen LogP contribution is 2.42. The molecule has 1 aliphatic carbocycles. The molecule has 29 heavy (non-hydrogen) atoms. The van der Waals surface area contributed by atoms with Crippen molar-refractivity contribution in [2.45, 2.75) is 43.8 Å². The van der Waals surface area contributed by atoms with Crippen LogP contribution in [-0.4, -0.2) is 54.0 Å². The second kappa shape index (κ2) is 7.22. The van der Waals surface area contributed by atoms with E-state index in [0.717, 1.165) is 47.8 Å². The number of hydrogen-bond donors (Lipinski definition) is 3. The molecule has 7 heteroatoms. The predicted molar refractivity (Wildman–Crippen MR) is 109 cm³/mol. The summed E-state index contributed by atoms with van der Waals surface area (Å²) in [5.41, 5.74) is 3.50. The Morgan fingerprint density at radius 1 is 1.24 bits per heavy atom. The lowest BCUT2D eigenvalue weighted by Crippen LogP contribution is -2.54. The Morgan fingerprint density at radius 2 is 2.10 bits per heavy atom. The molecule has 0 saturated heterocycles. The van der Waals surface area contributed by atoms with Gasteiger partial charge in [-0.25, -0.2) is 0 Å². The van der Waals surface area contributed by atoms with Gasteiger partial charge in [0.1, 0.15) is 6.61 Å². The monoisotopic (exact) mass is 394 g/mol. The minimum absolute atomic E-state index is 0.00462. The van der Waals surface area contributed by atoms with Gasteiger partial charge in [-0.3, -0.25) is 9.59 Å².